The third-order valence-corrected chi connectivity index (χ3v) is 12.8. The number of aliphatic hydroxyl groups excluding tert-OH is 1. The van der Waals surface area contributed by atoms with E-state index in [9.17, 15) is 9.67 Å². The van der Waals surface area contributed by atoms with Crippen LogP contribution in [-0.2, 0) is 18.3 Å². The predicted octanol–water partition coefficient (Wildman–Crippen LogP) is 7.89. The Balaban J connectivity index is 2.37. The molecule has 0 bridgehead atoms. The predicted molar refractivity (Wildman–Crippen MR) is 187 cm³/mol. The zero-order valence-electron chi connectivity index (χ0n) is 29.7. The molecule has 1 N–H and O–H groups in total. The average Bonchev–Trinajstić information content (AvgIpc) is 3.39. The van der Waals surface area contributed by atoms with Crippen LogP contribution in [0.25, 0.3) is 0 Å². The van der Waals surface area contributed by atoms with Gasteiger partial charge in [-0.25, -0.2) is 4.57 Å². The van der Waals surface area contributed by atoms with Gasteiger partial charge in [-0.05, 0) is 58.7 Å². The van der Waals surface area contributed by atoms with E-state index in [4.69, 9.17) is 13.8 Å². The van der Waals surface area contributed by atoms with E-state index in [0.717, 1.165) is 32.1 Å². The summed E-state index contributed by atoms with van der Waals surface area (Å²) in [7, 11) is 4.02. The quantitative estimate of drug-likeness (QED) is 0.0836. The molecule has 2 aliphatic rings. The Labute approximate surface area is 267 Å². The molecule has 1 heterocycles. The van der Waals surface area contributed by atoms with E-state index in [0.29, 0.717) is 5.92 Å². The number of aliphatic hydroxyl groups is 1. The van der Waals surface area contributed by atoms with Crippen molar-refractivity contribution in [2.45, 2.75) is 158 Å². The molecule has 10 unspecified atom stereocenters. The summed E-state index contributed by atoms with van der Waals surface area (Å²) in [5, 5.41) is 11.2. The number of rotatable bonds is 15. The molecule has 1 aliphatic carbocycles. The smallest absolute Gasteiger partial charge is 0.386 e. The van der Waals surface area contributed by atoms with Crippen LogP contribution in [0.4, 0.5) is 0 Å². The summed E-state index contributed by atoms with van der Waals surface area (Å²) in [6.07, 6.45) is 9.59. The van der Waals surface area contributed by atoms with Gasteiger partial charge in [-0.1, -0.05) is 127 Å². The van der Waals surface area contributed by atoms with Crippen molar-refractivity contribution in [2.24, 2.45) is 45.3 Å². The molecule has 1 aliphatic heterocycles. The zero-order chi connectivity index (χ0) is 32.3. The van der Waals surface area contributed by atoms with Gasteiger partial charge in [-0.3, -0.25) is 9.05 Å². The van der Waals surface area contributed by atoms with Crippen molar-refractivity contribution in [3.8, 4) is 0 Å². The topological polar surface area (TPSA) is 65.0 Å². The van der Waals surface area contributed by atoms with E-state index in [1.54, 1.807) is 0 Å². The second kappa shape index (κ2) is 15.0. The van der Waals surface area contributed by atoms with Crippen molar-refractivity contribution in [3.05, 3.63) is 0 Å². The fourth-order valence-corrected chi connectivity index (χ4v) is 10.4. The molecule has 0 radical (unpaired) electrons. The molecule has 0 aromatic carbocycles. The maximum Gasteiger partial charge on any atom is 0.386 e. The van der Waals surface area contributed by atoms with Crippen LogP contribution in [0, 0.1) is 45.3 Å². The van der Waals surface area contributed by atoms with Gasteiger partial charge in [0, 0.05) is 17.9 Å². The highest BCUT2D eigenvalue weighted by atomic mass is 32.7. The van der Waals surface area contributed by atoms with Crippen molar-refractivity contribution in [1.29, 1.82) is 0 Å². The summed E-state index contributed by atoms with van der Waals surface area (Å²) in [5.41, 5.74) is -0.0741. The molecule has 10 atom stereocenters. The third kappa shape index (κ3) is 9.78. The lowest BCUT2D eigenvalue weighted by molar-refractivity contribution is -0.0662. The maximum absolute atomic E-state index is 14.2. The Morgan fingerprint density at radius 2 is 1.64 bits per heavy atom. The SMILES string of the molecule is BC(O)C(C(OP(=O)(S)OCC1OC(B)C(C(C)(C)C)C1C(C)(C)C)C1CCCC1(C)CCCCCC)C(C)(C)CC. The summed E-state index contributed by atoms with van der Waals surface area (Å²) in [6.45, 7) is 21.2. The van der Waals surface area contributed by atoms with E-state index in [-0.39, 0.29) is 58.1 Å². The summed E-state index contributed by atoms with van der Waals surface area (Å²) < 4.78 is 33.5. The molecule has 1 saturated heterocycles. The Hall–Kier alpha value is 0.550. The van der Waals surface area contributed by atoms with E-state index >= 15 is 0 Å². The van der Waals surface area contributed by atoms with Crippen molar-refractivity contribution in [1.82, 2.24) is 0 Å². The highest BCUT2D eigenvalue weighted by Crippen LogP contribution is 2.62. The minimum absolute atomic E-state index is 0.00723. The molecule has 1 saturated carbocycles. The van der Waals surface area contributed by atoms with Gasteiger partial charge < -0.3 is 9.84 Å². The normalized spacial score (nSPS) is 32.9. The van der Waals surface area contributed by atoms with E-state index in [2.05, 4.69) is 96.3 Å². The Morgan fingerprint density at radius 3 is 2.14 bits per heavy atom. The minimum Gasteiger partial charge on any atom is -0.402 e. The second-order valence-electron chi connectivity index (χ2n) is 17.1. The lowest BCUT2D eigenvalue weighted by atomic mass is 9.59. The first-order chi connectivity index (χ1) is 19.1. The van der Waals surface area contributed by atoms with Gasteiger partial charge in [0.1, 0.15) is 15.7 Å². The molecule has 0 amide bonds. The first kappa shape index (κ1) is 38.7. The summed E-state index contributed by atoms with van der Waals surface area (Å²) >= 11 is 4.61. The molecule has 2 rings (SSSR count). The number of ether oxygens (including phenoxy) is 1. The second-order valence-corrected chi connectivity index (χ2v) is 19.9. The Morgan fingerprint density at radius 1 is 1.05 bits per heavy atom. The fourth-order valence-electron chi connectivity index (χ4n) is 8.89. The largest absolute Gasteiger partial charge is 0.402 e. The van der Waals surface area contributed by atoms with Gasteiger partial charge in [0.2, 0.25) is 0 Å². The Kier molecular flexibility index (Phi) is 13.8. The third-order valence-electron chi connectivity index (χ3n) is 11.2. The highest BCUT2D eigenvalue weighted by molar-refractivity contribution is 8.44. The van der Waals surface area contributed by atoms with Crippen LogP contribution in [0.2, 0.25) is 0 Å². The summed E-state index contributed by atoms with van der Waals surface area (Å²) in [6, 6.07) is -0.535. The number of thiol groups is 1. The standard InChI is InChI=1S/C33H67B2O5PS/c1-12-14-15-16-19-33(11)20-17-18-22(33)27(26(28(34)36)32(9,10)13-2)40-41(37,42)38-21-23-24(30(3,4)5)25(29(35)39-23)31(6,7)8/h22-29,36H,12-21,34-35H2,1-11H3,(H,37,42). The van der Waals surface area contributed by atoms with E-state index in [1.807, 2.05) is 7.85 Å². The molecule has 0 aromatic rings. The average molecular weight is 629 g/mol. The van der Waals surface area contributed by atoms with Gasteiger partial charge in [0.05, 0.1) is 18.8 Å². The first-order valence-electron chi connectivity index (χ1n) is 17.1. The molecule has 246 valence electrons. The van der Waals surface area contributed by atoms with Crippen LogP contribution in [0.1, 0.15) is 134 Å². The van der Waals surface area contributed by atoms with Gasteiger partial charge in [-0.2, -0.15) is 0 Å². The van der Waals surface area contributed by atoms with Crippen LogP contribution in [-0.4, -0.2) is 51.6 Å². The number of hydrogen-bond donors (Lipinski definition) is 2. The number of hydrogen-bond acceptors (Lipinski definition) is 5. The van der Waals surface area contributed by atoms with Crippen molar-refractivity contribution < 1.29 is 23.5 Å². The van der Waals surface area contributed by atoms with Crippen molar-refractivity contribution >= 4 is 34.7 Å². The van der Waals surface area contributed by atoms with Gasteiger partial charge >= 0.3 is 6.80 Å². The van der Waals surface area contributed by atoms with Crippen LogP contribution >= 0.6 is 19.0 Å². The minimum atomic E-state index is -3.78. The number of unbranched alkanes of at least 4 members (excludes halogenated alkanes) is 3. The maximum atomic E-state index is 14.2. The molecule has 9 heteroatoms. The van der Waals surface area contributed by atoms with Gasteiger partial charge in [0.25, 0.3) is 0 Å². The van der Waals surface area contributed by atoms with E-state index < -0.39 is 18.9 Å². The monoisotopic (exact) mass is 628 g/mol. The molecule has 42 heavy (non-hydrogen) atoms. The van der Waals surface area contributed by atoms with Crippen molar-refractivity contribution in [2.75, 3.05) is 6.61 Å². The zero-order valence-corrected chi connectivity index (χ0v) is 31.5. The van der Waals surface area contributed by atoms with Crippen LogP contribution in [0.3, 0.4) is 0 Å². The molecule has 0 spiro atoms. The molecule has 0 aromatic heterocycles. The van der Waals surface area contributed by atoms with Gasteiger partial charge in [0.15, 0.2) is 0 Å². The molecule has 2 fully saturated rings. The lowest BCUT2D eigenvalue weighted by Gasteiger charge is -2.47. The Bertz CT molecular complexity index is 889. The molecule has 5 nitrogen and oxygen atoms in total. The van der Waals surface area contributed by atoms with Crippen LogP contribution in [0.15, 0.2) is 0 Å². The van der Waals surface area contributed by atoms with Crippen molar-refractivity contribution in [3.63, 3.8) is 0 Å². The van der Waals surface area contributed by atoms with E-state index in [1.165, 1.54) is 25.7 Å². The first-order valence-corrected chi connectivity index (χ1v) is 19.8. The fraction of sp³-hybridized carbons (Fsp3) is 1.00. The summed E-state index contributed by atoms with van der Waals surface area (Å²) in [4.78, 5) is 0. The summed E-state index contributed by atoms with van der Waals surface area (Å²) in [5.74, 6) is 0.571. The van der Waals surface area contributed by atoms with Crippen LogP contribution in [0.5, 0.6) is 0 Å². The molecular weight excluding hydrogens is 561 g/mol. The lowest BCUT2D eigenvalue weighted by Crippen LogP contribution is -2.49. The highest BCUT2D eigenvalue weighted by Gasteiger charge is 2.54. The van der Waals surface area contributed by atoms with Gasteiger partial charge in [-0.15, -0.1) is 0 Å². The van der Waals surface area contributed by atoms with Crippen LogP contribution < -0.4 is 0 Å². The molecular formula is C33H67B2O5PS.